The van der Waals surface area contributed by atoms with Gasteiger partial charge in [-0.15, -0.1) is 11.3 Å². The molecule has 0 atom stereocenters. The molecule has 0 bridgehead atoms. The van der Waals surface area contributed by atoms with Crippen molar-refractivity contribution in [3.05, 3.63) is 102 Å². The summed E-state index contributed by atoms with van der Waals surface area (Å²) in [5.74, 6) is 0.0427. The molecule has 5 rings (SSSR count). The molecule has 7 heteroatoms. The van der Waals surface area contributed by atoms with Crippen LogP contribution in [0.25, 0.3) is 33.8 Å². The topological polar surface area (TPSA) is 67.8 Å². The Bertz CT molecular complexity index is 1380. The minimum Gasteiger partial charge on any atom is -0.301 e. The van der Waals surface area contributed by atoms with Crippen LogP contribution in [0.4, 0.5) is 5.13 Å². The summed E-state index contributed by atoms with van der Waals surface area (Å²) in [6, 6.07) is 30.1. The van der Waals surface area contributed by atoms with E-state index < -0.39 is 0 Å². The van der Waals surface area contributed by atoms with Crippen LogP contribution in [0.2, 0.25) is 0 Å². The van der Waals surface area contributed by atoms with Crippen LogP contribution in [-0.4, -0.2) is 26.6 Å². The van der Waals surface area contributed by atoms with E-state index in [-0.39, 0.29) is 11.7 Å². The summed E-state index contributed by atoms with van der Waals surface area (Å²) < 4.78 is 0. The van der Waals surface area contributed by atoms with Gasteiger partial charge in [0.15, 0.2) is 10.3 Å². The van der Waals surface area contributed by atoms with Crippen molar-refractivity contribution in [2.24, 2.45) is 0 Å². The Kier molecular flexibility index (Phi) is 6.97. The number of aromatic nitrogens is 3. The molecule has 5 aromatic rings. The lowest BCUT2D eigenvalue weighted by Crippen LogP contribution is -2.14. The Morgan fingerprint density at radius 3 is 1.94 bits per heavy atom. The number of hydrogen-bond acceptors (Lipinski definition) is 6. The fourth-order valence-electron chi connectivity index (χ4n) is 3.48. The highest BCUT2D eigenvalue weighted by Gasteiger charge is 2.13. The van der Waals surface area contributed by atoms with Gasteiger partial charge in [0.2, 0.25) is 5.91 Å². The molecule has 0 saturated heterocycles. The number of rotatable bonds is 7. The highest BCUT2D eigenvalue weighted by Crippen LogP contribution is 2.28. The van der Waals surface area contributed by atoms with Gasteiger partial charge in [-0.1, -0.05) is 102 Å². The molecular weight excluding hydrogens is 472 g/mol. The van der Waals surface area contributed by atoms with E-state index in [0.29, 0.717) is 10.3 Å². The van der Waals surface area contributed by atoms with Gasteiger partial charge in [-0.05, 0) is 13.0 Å². The van der Waals surface area contributed by atoms with E-state index in [1.165, 1.54) is 28.7 Å². The van der Waals surface area contributed by atoms with Crippen LogP contribution in [0.5, 0.6) is 0 Å². The molecule has 0 radical (unpaired) electrons. The maximum atomic E-state index is 12.7. The summed E-state index contributed by atoms with van der Waals surface area (Å²) >= 11 is 2.73. The van der Waals surface area contributed by atoms with Crippen molar-refractivity contribution in [3.63, 3.8) is 0 Å². The Hall–Kier alpha value is -3.81. The molecule has 0 spiro atoms. The first kappa shape index (κ1) is 23.0. The summed E-state index contributed by atoms with van der Waals surface area (Å²) in [4.78, 5) is 26.7. The summed E-state index contributed by atoms with van der Waals surface area (Å²) in [6.07, 6.45) is 0. The Balaban J connectivity index is 1.31. The number of nitrogens with zero attached hydrogens (tertiary/aromatic N) is 3. The second-order valence-electron chi connectivity index (χ2n) is 7.89. The van der Waals surface area contributed by atoms with Crippen LogP contribution in [0.15, 0.2) is 102 Å². The minimum absolute atomic E-state index is 0.144. The van der Waals surface area contributed by atoms with E-state index in [1.54, 1.807) is 0 Å². The standard InChI is InChI=1S/C28H22N4OS2/c1-19-12-14-22(15-13-19)25-17-34-28(31-25)32-26(33)18-35-27-29-23(20-8-4-2-5-9-20)16-24(30-27)21-10-6-3-7-11-21/h2-17H,18H2,1H3,(H,31,32,33). The van der Waals surface area contributed by atoms with E-state index in [0.717, 1.165) is 33.8 Å². The summed E-state index contributed by atoms with van der Waals surface area (Å²) in [5, 5.41) is 5.98. The first-order valence-electron chi connectivity index (χ1n) is 11.1. The van der Waals surface area contributed by atoms with Gasteiger partial charge < -0.3 is 5.32 Å². The lowest BCUT2D eigenvalue weighted by molar-refractivity contribution is -0.113. The maximum Gasteiger partial charge on any atom is 0.236 e. The van der Waals surface area contributed by atoms with E-state index in [2.05, 4.69) is 29.4 Å². The number of amides is 1. The van der Waals surface area contributed by atoms with E-state index in [1.807, 2.05) is 84.2 Å². The van der Waals surface area contributed by atoms with Crippen LogP contribution in [-0.2, 0) is 4.79 Å². The van der Waals surface area contributed by atoms with Crippen molar-refractivity contribution < 1.29 is 4.79 Å². The number of nitrogens with one attached hydrogen (secondary N) is 1. The minimum atomic E-state index is -0.144. The van der Waals surface area contributed by atoms with Gasteiger partial charge in [0.25, 0.3) is 0 Å². The van der Waals surface area contributed by atoms with E-state index in [4.69, 9.17) is 9.97 Å². The molecule has 3 aromatic carbocycles. The fourth-order valence-corrected chi connectivity index (χ4v) is 4.87. The van der Waals surface area contributed by atoms with Gasteiger partial charge >= 0.3 is 0 Å². The Morgan fingerprint density at radius 2 is 1.34 bits per heavy atom. The van der Waals surface area contributed by atoms with Crippen molar-refractivity contribution >= 4 is 34.1 Å². The zero-order valence-corrected chi connectivity index (χ0v) is 20.6. The number of anilines is 1. The van der Waals surface area contributed by atoms with Gasteiger partial charge in [0.05, 0.1) is 22.8 Å². The molecule has 172 valence electrons. The molecule has 0 unspecified atom stereocenters. The molecule has 2 aromatic heterocycles. The third-order valence-corrected chi connectivity index (χ3v) is 6.88. The first-order chi connectivity index (χ1) is 17.1. The number of benzene rings is 3. The number of carbonyl (C=O) groups is 1. The molecule has 0 aliphatic rings. The second-order valence-corrected chi connectivity index (χ2v) is 9.69. The monoisotopic (exact) mass is 494 g/mol. The molecule has 1 amide bonds. The van der Waals surface area contributed by atoms with Gasteiger partial charge in [-0.25, -0.2) is 15.0 Å². The molecule has 35 heavy (non-hydrogen) atoms. The normalized spacial score (nSPS) is 10.8. The highest BCUT2D eigenvalue weighted by molar-refractivity contribution is 7.99. The lowest BCUT2D eigenvalue weighted by Gasteiger charge is -2.08. The van der Waals surface area contributed by atoms with Crippen LogP contribution in [0.1, 0.15) is 5.56 Å². The lowest BCUT2D eigenvalue weighted by atomic mass is 10.1. The van der Waals surface area contributed by atoms with E-state index in [9.17, 15) is 4.79 Å². The van der Waals surface area contributed by atoms with Crippen molar-refractivity contribution in [1.82, 2.24) is 15.0 Å². The summed E-state index contributed by atoms with van der Waals surface area (Å²) in [6.45, 7) is 2.05. The average molecular weight is 495 g/mol. The number of hydrogen-bond donors (Lipinski definition) is 1. The third-order valence-electron chi connectivity index (χ3n) is 5.27. The molecule has 0 aliphatic carbocycles. The van der Waals surface area contributed by atoms with Gasteiger partial charge in [0.1, 0.15) is 0 Å². The van der Waals surface area contributed by atoms with Crippen LogP contribution >= 0.6 is 23.1 Å². The molecule has 0 saturated carbocycles. The number of thiazole rings is 1. The van der Waals surface area contributed by atoms with Gasteiger partial charge in [0, 0.05) is 22.1 Å². The molecule has 0 fully saturated rings. The third kappa shape index (κ3) is 5.82. The molecule has 1 N–H and O–H groups in total. The zero-order valence-electron chi connectivity index (χ0n) is 19.0. The van der Waals surface area contributed by atoms with Crippen molar-refractivity contribution in [1.29, 1.82) is 0 Å². The van der Waals surface area contributed by atoms with Crippen molar-refractivity contribution in [3.8, 4) is 33.8 Å². The Labute approximate surface area is 212 Å². The van der Waals surface area contributed by atoms with Gasteiger partial charge in [-0.2, -0.15) is 0 Å². The number of thioether (sulfide) groups is 1. The molecule has 2 heterocycles. The SMILES string of the molecule is Cc1ccc(-c2csc(NC(=O)CSc3nc(-c4ccccc4)cc(-c4ccccc4)n3)n2)cc1. The average Bonchev–Trinajstić information content (AvgIpc) is 3.37. The second kappa shape index (κ2) is 10.6. The quantitative estimate of drug-likeness (QED) is 0.195. The van der Waals surface area contributed by atoms with Crippen molar-refractivity contribution in [2.45, 2.75) is 12.1 Å². The molecule has 0 aliphatic heterocycles. The van der Waals surface area contributed by atoms with E-state index >= 15 is 0 Å². The molecular formula is C28H22N4OS2. The summed E-state index contributed by atoms with van der Waals surface area (Å²) in [5.41, 5.74) is 6.74. The first-order valence-corrected chi connectivity index (χ1v) is 13.0. The van der Waals surface area contributed by atoms with Crippen LogP contribution in [0.3, 0.4) is 0 Å². The number of carbonyl (C=O) groups excluding carboxylic acids is 1. The zero-order chi connectivity index (χ0) is 24.0. The highest BCUT2D eigenvalue weighted by atomic mass is 32.2. The Morgan fingerprint density at radius 1 is 0.771 bits per heavy atom. The van der Waals surface area contributed by atoms with Crippen LogP contribution in [0, 0.1) is 6.92 Å². The maximum absolute atomic E-state index is 12.7. The smallest absolute Gasteiger partial charge is 0.236 e. The predicted octanol–water partition coefficient (Wildman–Crippen LogP) is 6.97. The van der Waals surface area contributed by atoms with Crippen molar-refractivity contribution in [2.75, 3.05) is 11.1 Å². The summed E-state index contributed by atoms with van der Waals surface area (Å²) in [7, 11) is 0. The number of aryl methyl sites for hydroxylation is 1. The molecule has 5 nitrogen and oxygen atoms in total. The van der Waals surface area contributed by atoms with Crippen LogP contribution < -0.4 is 5.32 Å². The van der Waals surface area contributed by atoms with Gasteiger partial charge in [-0.3, -0.25) is 4.79 Å². The fraction of sp³-hybridized carbons (Fsp3) is 0.0714. The predicted molar refractivity (Wildman–Crippen MR) is 145 cm³/mol. The largest absolute Gasteiger partial charge is 0.301 e.